The van der Waals surface area contributed by atoms with Crippen LogP contribution in [0.3, 0.4) is 0 Å². The minimum absolute atomic E-state index is 0.00925. The van der Waals surface area contributed by atoms with Gasteiger partial charge in [-0.3, -0.25) is 4.79 Å². The Kier molecular flexibility index (Phi) is 7.65. The summed E-state index contributed by atoms with van der Waals surface area (Å²) in [6.07, 6.45) is 6.58. The molecular formula is C26H33ClN2O2. The highest BCUT2D eigenvalue weighted by Gasteiger charge is 2.25. The van der Waals surface area contributed by atoms with E-state index in [9.17, 15) is 4.79 Å². The molecule has 1 saturated carbocycles. The van der Waals surface area contributed by atoms with Crippen molar-refractivity contribution in [2.24, 2.45) is 5.92 Å². The highest BCUT2D eigenvalue weighted by molar-refractivity contribution is 6.30. The van der Waals surface area contributed by atoms with E-state index in [1.54, 1.807) is 0 Å². The summed E-state index contributed by atoms with van der Waals surface area (Å²) in [4.78, 5) is 13.0. The Balaban J connectivity index is 1.42. The van der Waals surface area contributed by atoms with E-state index in [2.05, 4.69) is 28.8 Å². The third-order valence-corrected chi connectivity index (χ3v) is 6.65. The van der Waals surface area contributed by atoms with Gasteiger partial charge < -0.3 is 15.4 Å². The third-order valence-electron chi connectivity index (χ3n) is 6.41. The van der Waals surface area contributed by atoms with Crippen molar-refractivity contribution in [2.75, 3.05) is 26.8 Å². The molecule has 0 spiro atoms. The average molecular weight is 441 g/mol. The lowest BCUT2D eigenvalue weighted by molar-refractivity contribution is 0.0478. The lowest BCUT2D eigenvalue weighted by Gasteiger charge is -2.26. The highest BCUT2D eigenvalue weighted by atomic mass is 35.5. The van der Waals surface area contributed by atoms with Crippen molar-refractivity contribution in [3.63, 3.8) is 0 Å². The molecule has 2 aliphatic rings. The Hall–Kier alpha value is -1.88. The summed E-state index contributed by atoms with van der Waals surface area (Å²) in [5.41, 5.74) is 4.38. The van der Waals surface area contributed by atoms with Crippen molar-refractivity contribution in [1.82, 2.24) is 10.6 Å². The Labute approximate surface area is 190 Å². The number of carbonyl (C=O) groups excluding carboxylic acids is 1. The first-order valence-electron chi connectivity index (χ1n) is 11.5. The molecule has 166 valence electrons. The van der Waals surface area contributed by atoms with E-state index >= 15 is 0 Å². The summed E-state index contributed by atoms with van der Waals surface area (Å²) in [6, 6.07) is 14.6. The molecule has 1 aliphatic heterocycles. The molecule has 1 saturated heterocycles. The predicted molar refractivity (Wildman–Crippen MR) is 126 cm³/mol. The van der Waals surface area contributed by atoms with Crippen LogP contribution in [0.15, 0.2) is 42.5 Å². The van der Waals surface area contributed by atoms with Crippen LogP contribution < -0.4 is 10.6 Å². The fourth-order valence-electron chi connectivity index (χ4n) is 4.50. The number of hydrogen-bond donors (Lipinski definition) is 2. The minimum Gasteiger partial charge on any atom is -0.381 e. The number of rotatable bonds is 9. The van der Waals surface area contributed by atoms with Crippen molar-refractivity contribution < 1.29 is 9.53 Å². The predicted octanol–water partition coefficient (Wildman–Crippen LogP) is 4.94. The topological polar surface area (TPSA) is 50.4 Å². The molecule has 2 aromatic rings. The van der Waals surface area contributed by atoms with Gasteiger partial charge in [-0.2, -0.15) is 0 Å². The molecule has 0 radical (unpaired) electrons. The lowest BCUT2D eigenvalue weighted by Crippen LogP contribution is -2.41. The molecule has 31 heavy (non-hydrogen) atoms. The average Bonchev–Trinajstić information content (AvgIpc) is 3.62. The fourth-order valence-corrected chi connectivity index (χ4v) is 4.72. The van der Waals surface area contributed by atoms with Gasteiger partial charge in [0.1, 0.15) is 0 Å². The third kappa shape index (κ3) is 6.55. The van der Waals surface area contributed by atoms with E-state index in [-0.39, 0.29) is 11.9 Å². The monoisotopic (exact) mass is 440 g/mol. The Morgan fingerprint density at radius 3 is 2.74 bits per heavy atom. The second kappa shape index (κ2) is 10.6. The number of amides is 1. The molecule has 1 aliphatic carbocycles. The number of nitrogens with one attached hydrogen (secondary N) is 2. The van der Waals surface area contributed by atoms with E-state index in [1.165, 1.54) is 30.4 Å². The first-order valence-corrected chi connectivity index (χ1v) is 11.9. The highest BCUT2D eigenvalue weighted by Crippen LogP contribution is 2.41. The maximum absolute atomic E-state index is 13.0. The number of benzene rings is 2. The Morgan fingerprint density at radius 1 is 1.16 bits per heavy atom. The number of carbonyl (C=O) groups is 1. The summed E-state index contributed by atoms with van der Waals surface area (Å²) in [5, 5.41) is 7.27. The zero-order valence-electron chi connectivity index (χ0n) is 18.3. The first kappa shape index (κ1) is 22.3. The molecule has 1 unspecified atom stereocenters. The molecule has 4 nitrogen and oxygen atoms in total. The van der Waals surface area contributed by atoms with Crippen LogP contribution in [0.2, 0.25) is 5.02 Å². The zero-order chi connectivity index (χ0) is 21.6. The van der Waals surface area contributed by atoms with Gasteiger partial charge in [0.25, 0.3) is 5.91 Å². The number of hydrogen-bond acceptors (Lipinski definition) is 3. The van der Waals surface area contributed by atoms with Gasteiger partial charge in [0.2, 0.25) is 0 Å². The van der Waals surface area contributed by atoms with Crippen LogP contribution in [0, 0.1) is 5.92 Å². The molecule has 2 aromatic carbocycles. The van der Waals surface area contributed by atoms with Crippen LogP contribution in [0.5, 0.6) is 0 Å². The summed E-state index contributed by atoms with van der Waals surface area (Å²) in [5.74, 6) is 1.18. The second-order valence-corrected chi connectivity index (χ2v) is 9.50. The van der Waals surface area contributed by atoms with Crippen molar-refractivity contribution in [2.45, 2.75) is 50.5 Å². The smallest absolute Gasteiger partial charge is 0.251 e. The van der Waals surface area contributed by atoms with Gasteiger partial charge in [-0.05, 0) is 98.4 Å². The van der Waals surface area contributed by atoms with Crippen molar-refractivity contribution in [3.05, 3.63) is 69.7 Å². The molecule has 2 atom stereocenters. The summed E-state index contributed by atoms with van der Waals surface area (Å²) in [7, 11) is 1.97. The van der Waals surface area contributed by atoms with Crippen LogP contribution in [-0.2, 0) is 11.2 Å². The maximum atomic E-state index is 13.0. The Bertz CT molecular complexity index is 891. The van der Waals surface area contributed by atoms with Crippen LogP contribution in [0.25, 0.3) is 0 Å². The fraction of sp³-hybridized carbons (Fsp3) is 0.500. The Morgan fingerprint density at radius 2 is 2.03 bits per heavy atom. The van der Waals surface area contributed by atoms with Crippen molar-refractivity contribution in [3.8, 4) is 0 Å². The van der Waals surface area contributed by atoms with Crippen molar-refractivity contribution >= 4 is 17.5 Å². The quantitative estimate of drug-likeness (QED) is 0.580. The van der Waals surface area contributed by atoms with Gasteiger partial charge in [0.15, 0.2) is 0 Å². The van der Waals surface area contributed by atoms with E-state index in [1.807, 2.05) is 31.3 Å². The molecule has 5 heteroatoms. The largest absolute Gasteiger partial charge is 0.381 e. The standard InChI is InChI=1S/C26H33ClN2O2/c1-28-25(14-19-5-3-9-31-17-19)16-29-26(30)23-12-20(11-22(15-23)21-7-8-21)10-18-4-2-6-24(27)13-18/h2,4,6,11-13,15,19,21,25,28H,3,5,7-10,14,16-17H2,1H3,(H,29,30)/t19-,25?/m1/s1. The number of halogens is 1. The molecule has 0 aromatic heterocycles. The number of ether oxygens (including phenoxy) is 1. The van der Waals surface area contributed by atoms with E-state index in [4.69, 9.17) is 16.3 Å². The molecule has 2 fully saturated rings. The lowest BCUT2D eigenvalue weighted by atomic mass is 9.94. The van der Waals surface area contributed by atoms with Gasteiger partial charge in [-0.15, -0.1) is 0 Å². The van der Waals surface area contributed by atoms with Crippen molar-refractivity contribution in [1.29, 1.82) is 0 Å². The normalized spacial score (nSPS) is 19.7. The van der Waals surface area contributed by atoms with Gasteiger partial charge >= 0.3 is 0 Å². The van der Waals surface area contributed by atoms with Gasteiger partial charge in [-0.1, -0.05) is 29.8 Å². The van der Waals surface area contributed by atoms with E-state index in [0.29, 0.717) is 18.4 Å². The van der Waals surface area contributed by atoms with E-state index in [0.717, 1.165) is 48.6 Å². The minimum atomic E-state index is 0.00925. The summed E-state index contributed by atoms with van der Waals surface area (Å²) < 4.78 is 5.61. The molecule has 2 N–H and O–H groups in total. The van der Waals surface area contributed by atoms with Crippen LogP contribution in [0.4, 0.5) is 0 Å². The van der Waals surface area contributed by atoms with Gasteiger partial charge in [-0.25, -0.2) is 0 Å². The number of likely N-dealkylation sites (N-methyl/N-ethyl adjacent to an activating group) is 1. The molecule has 1 heterocycles. The first-order chi connectivity index (χ1) is 15.1. The van der Waals surface area contributed by atoms with Gasteiger partial charge in [0.05, 0.1) is 0 Å². The zero-order valence-corrected chi connectivity index (χ0v) is 19.1. The second-order valence-electron chi connectivity index (χ2n) is 9.06. The summed E-state index contributed by atoms with van der Waals surface area (Å²) in [6.45, 7) is 2.35. The molecule has 4 rings (SSSR count). The van der Waals surface area contributed by atoms with Crippen LogP contribution >= 0.6 is 11.6 Å². The molecule has 0 bridgehead atoms. The van der Waals surface area contributed by atoms with E-state index < -0.39 is 0 Å². The summed E-state index contributed by atoms with van der Waals surface area (Å²) >= 11 is 6.16. The SMILES string of the molecule is CNC(CNC(=O)c1cc(Cc2cccc(Cl)c2)cc(C2CC2)c1)C[C@H]1CCCOC1. The maximum Gasteiger partial charge on any atom is 0.251 e. The molecule has 1 amide bonds. The van der Waals surface area contributed by atoms with Gasteiger partial charge in [0, 0.05) is 36.4 Å². The van der Waals surface area contributed by atoms with Crippen LogP contribution in [-0.4, -0.2) is 38.8 Å². The van der Waals surface area contributed by atoms with Crippen LogP contribution in [0.1, 0.15) is 65.1 Å². The molecular weight excluding hydrogens is 408 g/mol.